The van der Waals surface area contributed by atoms with Crippen molar-refractivity contribution in [3.8, 4) is 5.75 Å². The van der Waals surface area contributed by atoms with E-state index in [2.05, 4.69) is 25.7 Å². The molecule has 186 valence electrons. The third-order valence-corrected chi connectivity index (χ3v) is 6.84. The first-order chi connectivity index (χ1) is 17.3. The molecule has 36 heavy (non-hydrogen) atoms. The normalized spacial score (nSPS) is 17.7. The van der Waals surface area contributed by atoms with Gasteiger partial charge >= 0.3 is 0 Å². The summed E-state index contributed by atoms with van der Waals surface area (Å²) in [5.74, 6) is 1.21. The van der Waals surface area contributed by atoms with E-state index >= 15 is 0 Å². The van der Waals surface area contributed by atoms with Crippen LogP contribution in [0.4, 0.5) is 11.4 Å². The molecule has 0 saturated carbocycles. The number of rotatable bonds is 8. The number of methoxy groups -OCH3 is 1. The second-order valence-corrected chi connectivity index (χ2v) is 10.5. The van der Waals surface area contributed by atoms with Crippen molar-refractivity contribution in [2.24, 2.45) is 0 Å². The van der Waals surface area contributed by atoms with Crippen molar-refractivity contribution in [2.75, 3.05) is 23.0 Å². The summed E-state index contributed by atoms with van der Waals surface area (Å²) in [6.07, 6.45) is 6.52. The molecule has 1 aromatic carbocycles. The third kappa shape index (κ3) is 4.79. The van der Waals surface area contributed by atoms with Gasteiger partial charge < -0.3 is 23.9 Å². The standard InChI is InChI=1S/C25H25N5O4S2/c1-33-22-15-17(10-11-19(22)28-36(2,31)32)30-24(23(27-25(30)35)20-8-3-4-12-26-20)21-9-5-13-29(21)16-18-7-6-14-34-18/h3-15,23-24,28H,16H2,1-2H3,(H,27,35)/t23-,24+/m1/s1. The average Bonchev–Trinajstić information content (AvgIpc) is 3.60. The fourth-order valence-electron chi connectivity index (χ4n) is 4.46. The Kier molecular flexibility index (Phi) is 6.42. The smallest absolute Gasteiger partial charge is 0.229 e. The molecule has 1 saturated heterocycles. The molecule has 1 aliphatic rings. The molecule has 1 fully saturated rings. The number of nitrogens with zero attached hydrogens (tertiary/aromatic N) is 3. The number of thiocarbonyl (C=S) groups is 1. The van der Waals surface area contributed by atoms with Gasteiger partial charge in [0.05, 0.1) is 43.6 Å². The van der Waals surface area contributed by atoms with Gasteiger partial charge in [0.25, 0.3) is 0 Å². The zero-order valence-corrected chi connectivity index (χ0v) is 21.3. The van der Waals surface area contributed by atoms with Crippen LogP contribution in [-0.2, 0) is 16.6 Å². The maximum Gasteiger partial charge on any atom is 0.229 e. The minimum atomic E-state index is -3.48. The molecule has 0 aliphatic carbocycles. The van der Waals surface area contributed by atoms with Gasteiger partial charge in [-0.3, -0.25) is 9.71 Å². The van der Waals surface area contributed by atoms with Gasteiger partial charge in [-0.1, -0.05) is 6.07 Å². The largest absolute Gasteiger partial charge is 0.494 e. The van der Waals surface area contributed by atoms with Crippen LogP contribution in [0.25, 0.3) is 0 Å². The second-order valence-electron chi connectivity index (χ2n) is 8.40. The van der Waals surface area contributed by atoms with Crippen molar-refractivity contribution in [1.82, 2.24) is 14.9 Å². The molecule has 0 amide bonds. The van der Waals surface area contributed by atoms with Gasteiger partial charge in [-0.2, -0.15) is 0 Å². The number of anilines is 2. The summed E-state index contributed by atoms with van der Waals surface area (Å²) < 4.78 is 39.3. The van der Waals surface area contributed by atoms with E-state index in [0.29, 0.717) is 23.1 Å². The SMILES string of the molecule is COc1cc(N2C(=S)N[C@H](c3ccccn3)[C@@H]2c2cccn2Cc2ccco2)ccc1NS(C)(=O)=O. The number of pyridine rings is 1. The minimum absolute atomic E-state index is 0.233. The molecular formula is C25H25N5O4S2. The third-order valence-electron chi connectivity index (χ3n) is 5.93. The van der Waals surface area contributed by atoms with E-state index in [9.17, 15) is 8.42 Å². The van der Waals surface area contributed by atoms with Gasteiger partial charge in [-0.25, -0.2) is 8.42 Å². The molecule has 2 N–H and O–H groups in total. The van der Waals surface area contributed by atoms with Gasteiger partial charge in [-0.15, -0.1) is 0 Å². The first-order valence-corrected chi connectivity index (χ1v) is 13.5. The number of ether oxygens (including phenoxy) is 1. The Morgan fingerprint density at radius 1 is 1.17 bits per heavy atom. The topological polar surface area (TPSA) is 102 Å². The maximum absolute atomic E-state index is 11.8. The Balaban J connectivity index is 1.60. The molecular weight excluding hydrogens is 498 g/mol. The predicted octanol–water partition coefficient (Wildman–Crippen LogP) is 4.08. The fraction of sp³-hybridized carbons (Fsp3) is 0.200. The maximum atomic E-state index is 11.8. The van der Waals surface area contributed by atoms with E-state index in [0.717, 1.165) is 29.1 Å². The van der Waals surface area contributed by atoms with E-state index in [1.165, 1.54) is 7.11 Å². The number of sulfonamides is 1. The second kappa shape index (κ2) is 9.67. The van der Waals surface area contributed by atoms with E-state index in [4.69, 9.17) is 21.4 Å². The lowest BCUT2D eigenvalue weighted by atomic mass is 10.0. The summed E-state index contributed by atoms with van der Waals surface area (Å²) in [6, 6.07) is 18.4. The van der Waals surface area contributed by atoms with Crippen molar-refractivity contribution in [2.45, 2.75) is 18.6 Å². The molecule has 0 radical (unpaired) electrons. The summed E-state index contributed by atoms with van der Waals surface area (Å²) in [7, 11) is -1.98. The molecule has 11 heteroatoms. The van der Waals surface area contributed by atoms with Crippen LogP contribution >= 0.6 is 12.2 Å². The molecule has 0 bridgehead atoms. The van der Waals surface area contributed by atoms with Gasteiger partial charge in [0, 0.05) is 29.8 Å². The van der Waals surface area contributed by atoms with Gasteiger partial charge in [-0.05, 0) is 60.7 Å². The molecule has 5 rings (SSSR count). The minimum Gasteiger partial charge on any atom is -0.494 e. The summed E-state index contributed by atoms with van der Waals surface area (Å²) in [5.41, 5.74) is 2.95. The first-order valence-electron chi connectivity index (χ1n) is 11.2. The number of nitrogens with one attached hydrogen (secondary N) is 2. The van der Waals surface area contributed by atoms with Crippen LogP contribution in [0.15, 0.2) is 83.7 Å². The number of aromatic nitrogens is 2. The zero-order chi connectivity index (χ0) is 25.3. The van der Waals surface area contributed by atoms with E-state index in [-0.39, 0.29) is 12.1 Å². The lowest BCUT2D eigenvalue weighted by Crippen LogP contribution is -2.30. The highest BCUT2D eigenvalue weighted by Gasteiger charge is 2.42. The Bertz CT molecular complexity index is 1470. The van der Waals surface area contributed by atoms with Crippen LogP contribution in [0.3, 0.4) is 0 Å². The van der Waals surface area contributed by atoms with Crippen molar-refractivity contribution < 1.29 is 17.6 Å². The van der Waals surface area contributed by atoms with Crippen LogP contribution in [0.5, 0.6) is 5.75 Å². The van der Waals surface area contributed by atoms with E-state index in [1.54, 1.807) is 24.6 Å². The van der Waals surface area contributed by atoms with Crippen molar-refractivity contribution in [3.63, 3.8) is 0 Å². The van der Waals surface area contributed by atoms with Crippen LogP contribution in [-0.4, -0.2) is 36.4 Å². The summed E-state index contributed by atoms with van der Waals surface area (Å²) in [6.45, 7) is 0.557. The molecule has 2 atom stereocenters. The number of hydrogen-bond acceptors (Lipinski definition) is 6. The van der Waals surface area contributed by atoms with E-state index < -0.39 is 10.0 Å². The Labute approximate surface area is 214 Å². The molecule has 1 aliphatic heterocycles. The summed E-state index contributed by atoms with van der Waals surface area (Å²) in [5, 5.41) is 3.96. The Morgan fingerprint density at radius 3 is 2.72 bits per heavy atom. The van der Waals surface area contributed by atoms with Crippen LogP contribution in [0, 0.1) is 0 Å². The highest BCUT2D eigenvalue weighted by Crippen LogP contribution is 2.43. The molecule has 4 heterocycles. The molecule has 0 unspecified atom stereocenters. The predicted molar refractivity (Wildman–Crippen MR) is 142 cm³/mol. The summed E-state index contributed by atoms with van der Waals surface area (Å²) >= 11 is 5.82. The molecule has 0 spiro atoms. The lowest BCUT2D eigenvalue weighted by Gasteiger charge is -2.29. The number of furan rings is 1. The first kappa shape index (κ1) is 23.9. The molecule has 3 aromatic heterocycles. The monoisotopic (exact) mass is 523 g/mol. The van der Waals surface area contributed by atoms with Crippen molar-refractivity contribution in [1.29, 1.82) is 0 Å². The molecule has 4 aromatic rings. The summed E-state index contributed by atoms with van der Waals surface area (Å²) in [4.78, 5) is 6.61. The zero-order valence-electron chi connectivity index (χ0n) is 19.7. The van der Waals surface area contributed by atoms with Crippen molar-refractivity contribution in [3.05, 3.63) is 96.5 Å². The Morgan fingerprint density at radius 2 is 2.03 bits per heavy atom. The van der Waals surface area contributed by atoms with Crippen LogP contribution < -0.4 is 19.7 Å². The lowest BCUT2D eigenvalue weighted by molar-refractivity contribution is 0.416. The van der Waals surface area contributed by atoms with E-state index in [1.807, 2.05) is 53.6 Å². The van der Waals surface area contributed by atoms with Gasteiger partial charge in [0.1, 0.15) is 17.6 Å². The number of hydrogen-bond donors (Lipinski definition) is 2. The van der Waals surface area contributed by atoms with Crippen LogP contribution in [0.2, 0.25) is 0 Å². The van der Waals surface area contributed by atoms with Gasteiger partial charge in [0.15, 0.2) is 5.11 Å². The highest BCUT2D eigenvalue weighted by molar-refractivity contribution is 7.92. The Hall–Kier alpha value is -3.83. The van der Waals surface area contributed by atoms with Crippen molar-refractivity contribution >= 4 is 38.7 Å². The molecule has 9 nitrogen and oxygen atoms in total. The van der Waals surface area contributed by atoms with Gasteiger partial charge in [0.2, 0.25) is 10.0 Å². The average molecular weight is 524 g/mol. The number of benzene rings is 1. The van der Waals surface area contributed by atoms with Crippen LogP contribution in [0.1, 0.15) is 29.2 Å². The highest BCUT2D eigenvalue weighted by atomic mass is 32.2. The quantitative estimate of drug-likeness (QED) is 0.333. The fourth-order valence-corrected chi connectivity index (χ4v) is 5.37.